The molecule has 1 heterocycles. The first-order valence-corrected chi connectivity index (χ1v) is 6.29. The van der Waals surface area contributed by atoms with Gasteiger partial charge in [-0.15, -0.1) is 0 Å². The van der Waals surface area contributed by atoms with E-state index in [1.165, 1.54) is 18.2 Å². The normalized spacial score (nSPS) is 12.3. The van der Waals surface area contributed by atoms with Gasteiger partial charge in [-0.1, -0.05) is 12.1 Å². The number of hydrogen-bond donors (Lipinski definition) is 2. The van der Waals surface area contributed by atoms with E-state index in [4.69, 9.17) is 9.52 Å². The summed E-state index contributed by atoms with van der Waals surface area (Å²) in [5, 5.41) is 12.1. The number of carboxylic acids is 1. The van der Waals surface area contributed by atoms with Crippen molar-refractivity contribution in [3.63, 3.8) is 0 Å². The molecule has 0 saturated heterocycles. The zero-order chi connectivity index (χ0) is 14.7. The van der Waals surface area contributed by atoms with Crippen molar-refractivity contribution in [1.29, 1.82) is 0 Å². The van der Waals surface area contributed by atoms with Crippen LogP contribution in [0.5, 0.6) is 0 Å². The van der Waals surface area contributed by atoms with E-state index in [1.54, 1.807) is 13.0 Å². The number of rotatable bonds is 5. The van der Waals surface area contributed by atoms with Crippen LogP contribution in [0, 0.1) is 12.7 Å². The van der Waals surface area contributed by atoms with Crippen molar-refractivity contribution in [2.75, 3.05) is 0 Å². The average Bonchev–Trinajstić information content (AvgIpc) is 2.77. The molecule has 0 bridgehead atoms. The van der Waals surface area contributed by atoms with Gasteiger partial charge in [0.25, 0.3) is 0 Å². The number of aryl methyl sites for hydroxylation is 1. The summed E-state index contributed by atoms with van der Waals surface area (Å²) >= 11 is 0. The summed E-state index contributed by atoms with van der Waals surface area (Å²) in [5.41, 5.74) is 1.62. The first-order chi connectivity index (χ1) is 9.47. The molecule has 0 amide bonds. The topological polar surface area (TPSA) is 62.5 Å². The Morgan fingerprint density at radius 3 is 2.80 bits per heavy atom. The SMILES string of the molecule is Cc1oc(C(=O)O)cc1CNC(C)c1cccc(F)c1. The number of nitrogens with one attached hydrogen (secondary N) is 1. The first kappa shape index (κ1) is 14.3. The number of furan rings is 1. The second-order valence-corrected chi connectivity index (χ2v) is 4.65. The Bertz CT molecular complexity index is 621. The molecule has 106 valence electrons. The maximum Gasteiger partial charge on any atom is 0.371 e. The molecule has 2 aromatic rings. The van der Waals surface area contributed by atoms with Crippen molar-refractivity contribution in [2.24, 2.45) is 0 Å². The van der Waals surface area contributed by atoms with Gasteiger partial charge in [0, 0.05) is 18.2 Å². The highest BCUT2D eigenvalue weighted by Crippen LogP contribution is 2.18. The number of aromatic carboxylic acids is 1. The molecule has 0 spiro atoms. The molecule has 1 aromatic carbocycles. The van der Waals surface area contributed by atoms with E-state index in [-0.39, 0.29) is 17.6 Å². The van der Waals surface area contributed by atoms with Gasteiger partial charge in [-0.3, -0.25) is 0 Å². The lowest BCUT2D eigenvalue weighted by Gasteiger charge is -2.13. The van der Waals surface area contributed by atoms with Crippen molar-refractivity contribution < 1.29 is 18.7 Å². The molecule has 4 nitrogen and oxygen atoms in total. The minimum absolute atomic E-state index is 0.0479. The molecule has 0 saturated carbocycles. The third-order valence-corrected chi connectivity index (χ3v) is 3.18. The van der Waals surface area contributed by atoms with Crippen LogP contribution in [-0.4, -0.2) is 11.1 Å². The largest absolute Gasteiger partial charge is 0.475 e. The van der Waals surface area contributed by atoms with Crippen LogP contribution in [0.25, 0.3) is 0 Å². The summed E-state index contributed by atoms with van der Waals surface area (Å²) in [4.78, 5) is 10.8. The van der Waals surface area contributed by atoms with Gasteiger partial charge in [0.1, 0.15) is 11.6 Å². The summed E-state index contributed by atoms with van der Waals surface area (Å²) in [5.74, 6) is -0.861. The number of benzene rings is 1. The predicted molar refractivity (Wildman–Crippen MR) is 72.1 cm³/mol. The molecule has 0 radical (unpaired) electrons. The van der Waals surface area contributed by atoms with Crippen molar-refractivity contribution in [1.82, 2.24) is 5.32 Å². The van der Waals surface area contributed by atoms with Gasteiger partial charge < -0.3 is 14.8 Å². The van der Waals surface area contributed by atoms with Crippen LogP contribution in [0.1, 0.15) is 40.4 Å². The third kappa shape index (κ3) is 3.24. The van der Waals surface area contributed by atoms with E-state index in [0.29, 0.717) is 12.3 Å². The van der Waals surface area contributed by atoms with E-state index in [9.17, 15) is 9.18 Å². The number of carboxylic acid groups (broad SMARTS) is 1. The summed E-state index contributed by atoms with van der Waals surface area (Å²) in [7, 11) is 0. The van der Waals surface area contributed by atoms with Crippen LogP contribution < -0.4 is 5.32 Å². The Kier molecular flexibility index (Phi) is 4.20. The van der Waals surface area contributed by atoms with Crippen LogP contribution in [0.3, 0.4) is 0 Å². The Morgan fingerprint density at radius 2 is 2.20 bits per heavy atom. The van der Waals surface area contributed by atoms with Gasteiger partial charge in [-0.2, -0.15) is 0 Å². The molecule has 20 heavy (non-hydrogen) atoms. The van der Waals surface area contributed by atoms with Crippen LogP contribution in [0.2, 0.25) is 0 Å². The number of carbonyl (C=O) groups is 1. The molecule has 0 aliphatic heterocycles. The van der Waals surface area contributed by atoms with Gasteiger partial charge in [0.05, 0.1) is 0 Å². The maximum atomic E-state index is 13.1. The Morgan fingerprint density at radius 1 is 1.45 bits per heavy atom. The molecule has 0 fully saturated rings. The number of hydrogen-bond acceptors (Lipinski definition) is 3. The fourth-order valence-corrected chi connectivity index (χ4v) is 1.96. The molecule has 0 aliphatic carbocycles. The second-order valence-electron chi connectivity index (χ2n) is 4.65. The van der Waals surface area contributed by atoms with E-state index < -0.39 is 5.97 Å². The zero-order valence-corrected chi connectivity index (χ0v) is 11.3. The molecular formula is C15H16FNO3. The highest BCUT2D eigenvalue weighted by molar-refractivity contribution is 5.84. The lowest BCUT2D eigenvalue weighted by atomic mass is 10.1. The highest BCUT2D eigenvalue weighted by atomic mass is 19.1. The third-order valence-electron chi connectivity index (χ3n) is 3.18. The standard InChI is InChI=1S/C15H16FNO3/c1-9(11-4-3-5-13(16)6-11)17-8-12-7-14(15(18)19)20-10(12)2/h3-7,9,17H,8H2,1-2H3,(H,18,19). The van der Waals surface area contributed by atoms with Gasteiger partial charge in [0.2, 0.25) is 5.76 Å². The lowest BCUT2D eigenvalue weighted by Crippen LogP contribution is -2.18. The molecule has 1 atom stereocenters. The van der Waals surface area contributed by atoms with Crippen LogP contribution in [0.15, 0.2) is 34.7 Å². The van der Waals surface area contributed by atoms with E-state index in [1.807, 2.05) is 13.0 Å². The molecule has 5 heteroatoms. The highest BCUT2D eigenvalue weighted by Gasteiger charge is 2.14. The number of halogens is 1. The van der Waals surface area contributed by atoms with Gasteiger partial charge >= 0.3 is 5.97 Å². The quantitative estimate of drug-likeness (QED) is 0.880. The van der Waals surface area contributed by atoms with Gasteiger partial charge in [0.15, 0.2) is 0 Å². The van der Waals surface area contributed by atoms with E-state index in [0.717, 1.165) is 11.1 Å². The summed E-state index contributed by atoms with van der Waals surface area (Å²) in [6.45, 7) is 4.10. The van der Waals surface area contributed by atoms with Gasteiger partial charge in [-0.25, -0.2) is 9.18 Å². The van der Waals surface area contributed by atoms with Crippen LogP contribution in [0.4, 0.5) is 4.39 Å². The predicted octanol–water partition coefficient (Wildman–Crippen LogP) is 3.28. The minimum Gasteiger partial charge on any atom is -0.475 e. The summed E-state index contributed by atoms with van der Waals surface area (Å²) in [6, 6.07) is 7.83. The molecular weight excluding hydrogens is 261 g/mol. The summed E-state index contributed by atoms with van der Waals surface area (Å²) in [6.07, 6.45) is 0. The van der Waals surface area contributed by atoms with Crippen molar-refractivity contribution in [2.45, 2.75) is 26.4 Å². The first-order valence-electron chi connectivity index (χ1n) is 6.29. The van der Waals surface area contributed by atoms with Crippen LogP contribution >= 0.6 is 0 Å². The van der Waals surface area contributed by atoms with E-state index >= 15 is 0 Å². The second kappa shape index (κ2) is 5.88. The molecule has 0 aliphatic rings. The molecule has 2 N–H and O–H groups in total. The molecule has 1 unspecified atom stereocenters. The summed E-state index contributed by atoms with van der Waals surface area (Å²) < 4.78 is 18.3. The van der Waals surface area contributed by atoms with Gasteiger partial charge in [-0.05, 0) is 37.6 Å². The average molecular weight is 277 g/mol. The fraction of sp³-hybridized carbons (Fsp3) is 0.267. The zero-order valence-electron chi connectivity index (χ0n) is 11.3. The maximum absolute atomic E-state index is 13.1. The van der Waals surface area contributed by atoms with Crippen molar-refractivity contribution in [3.05, 3.63) is 58.8 Å². The Labute approximate surface area is 116 Å². The smallest absolute Gasteiger partial charge is 0.371 e. The lowest BCUT2D eigenvalue weighted by molar-refractivity contribution is 0.0661. The van der Waals surface area contributed by atoms with Crippen molar-refractivity contribution in [3.8, 4) is 0 Å². The molecule has 2 rings (SSSR count). The fourth-order valence-electron chi connectivity index (χ4n) is 1.96. The van der Waals surface area contributed by atoms with Crippen LogP contribution in [-0.2, 0) is 6.54 Å². The van der Waals surface area contributed by atoms with Crippen molar-refractivity contribution >= 4 is 5.97 Å². The minimum atomic E-state index is -1.09. The monoisotopic (exact) mass is 277 g/mol. The Hall–Kier alpha value is -2.14. The Balaban J connectivity index is 2.03. The van der Waals surface area contributed by atoms with E-state index in [2.05, 4.69) is 5.32 Å². The molecule has 1 aromatic heterocycles.